The quantitative estimate of drug-likeness (QED) is 0.603. The molecule has 0 aromatic heterocycles. The van der Waals surface area contributed by atoms with Crippen molar-refractivity contribution in [3.05, 3.63) is 64.2 Å². The highest BCUT2D eigenvalue weighted by Gasteiger charge is 2.10. The summed E-state index contributed by atoms with van der Waals surface area (Å²) in [4.78, 5) is 23.6. The maximum atomic E-state index is 12.1. The maximum Gasteiger partial charge on any atom is 0.247 e. The second-order valence-electron chi connectivity index (χ2n) is 7.11. The molecule has 0 aliphatic heterocycles. The van der Waals surface area contributed by atoms with Crippen molar-refractivity contribution in [2.75, 3.05) is 0 Å². The number of aryl methyl sites for hydroxylation is 2. The van der Waals surface area contributed by atoms with Gasteiger partial charge in [-0.3, -0.25) is 9.59 Å². The van der Waals surface area contributed by atoms with Gasteiger partial charge in [-0.1, -0.05) is 36.4 Å². The molecule has 0 spiro atoms. The minimum absolute atomic E-state index is 0.0408. The predicted octanol–water partition coefficient (Wildman–Crippen LogP) is 5.10. The van der Waals surface area contributed by atoms with Crippen LogP contribution in [0.5, 0.6) is 0 Å². The van der Waals surface area contributed by atoms with Crippen molar-refractivity contribution in [2.24, 2.45) is 0 Å². The normalized spacial score (nSPS) is 11.6. The van der Waals surface area contributed by atoms with Crippen LogP contribution in [-0.2, 0) is 4.79 Å². The molecule has 0 atom stereocenters. The fourth-order valence-corrected chi connectivity index (χ4v) is 2.86. The number of nitrogens with one attached hydrogen (secondary N) is 1. The van der Waals surface area contributed by atoms with E-state index < -0.39 is 0 Å². The summed E-state index contributed by atoms with van der Waals surface area (Å²) in [6.07, 6.45) is 1.93. The lowest BCUT2D eigenvalue weighted by atomic mass is 9.93. The summed E-state index contributed by atoms with van der Waals surface area (Å²) in [7, 11) is 0. The first kappa shape index (κ1) is 19.6. The Morgan fingerprint density at radius 1 is 0.962 bits per heavy atom. The summed E-state index contributed by atoms with van der Waals surface area (Å²) < 4.78 is 0. The molecule has 0 heterocycles. The summed E-state index contributed by atoms with van der Waals surface area (Å²) in [5.74, 6) is 0.0287. The zero-order valence-corrected chi connectivity index (χ0v) is 16.4. The van der Waals surface area contributed by atoms with Crippen LogP contribution in [0.3, 0.4) is 0 Å². The molecular weight excluding hydrogens is 322 g/mol. The molecule has 0 bridgehead atoms. The molecule has 2 aromatic carbocycles. The lowest BCUT2D eigenvalue weighted by molar-refractivity contribution is -0.117. The first-order valence-electron chi connectivity index (χ1n) is 8.91. The van der Waals surface area contributed by atoms with E-state index in [-0.39, 0.29) is 17.7 Å². The molecule has 3 nitrogen and oxygen atoms in total. The third-order valence-electron chi connectivity index (χ3n) is 4.37. The molecule has 0 unspecified atom stereocenters. The van der Waals surface area contributed by atoms with Crippen LogP contribution in [0, 0.1) is 13.8 Å². The maximum absolute atomic E-state index is 12.1. The average molecular weight is 349 g/mol. The second kappa shape index (κ2) is 8.13. The van der Waals surface area contributed by atoms with E-state index in [1.165, 1.54) is 0 Å². The molecule has 1 amide bonds. The summed E-state index contributed by atoms with van der Waals surface area (Å²) >= 11 is 0. The monoisotopic (exact) mass is 349 g/mol. The van der Waals surface area contributed by atoms with Crippen LogP contribution in [0.15, 0.2) is 42.0 Å². The van der Waals surface area contributed by atoms with Crippen LogP contribution >= 0.6 is 0 Å². The molecular formula is C23H27NO2. The zero-order valence-electron chi connectivity index (χ0n) is 16.4. The van der Waals surface area contributed by atoms with E-state index in [0.29, 0.717) is 5.57 Å². The standard InChI is InChI=1S/C23H27NO2/c1-14(2)24-23(26)17(5)12-21-11-16(4)22(13-15(21)3)20-9-7-19(8-10-20)18(6)25/h7-14H,1-6H3,(H,24,26). The van der Waals surface area contributed by atoms with Gasteiger partial charge in [-0.05, 0) is 75.4 Å². The Morgan fingerprint density at radius 2 is 1.58 bits per heavy atom. The fourth-order valence-electron chi connectivity index (χ4n) is 2.86. The third-order valence-corrected chi connectivity index (χ3v) is 4.37. The Balaban J connectivity index is 2.36. The van der Waals surface area contributed by atoms with E-state index in [9.17, 15) is 9.59 Å². The summed E-state index contributed by atoms with van der Waals surface area (Å²) in [5, 5.41) is 2.91. The highest BCUT2D eigenvalue weighted by atomic mass is 16.1. The van der Waals surface area contributed by atoms with Gasteiger partial charge in [0.05, 0.1) is 0 Å². The van der Waals surface area contributed by atoms with Crippen molar-refractivity contribution in [1.29, 1.82) is 0 Å². The molecule has 136 valence electrons. The zero-order chi connectivity index (χ0) is 19.4. The fraction of sp³-hybridized carbons (Fsp3) is 0.304. The Morgan fingerprint density at radius 3 is 2.12 bits per heavy atom. The van der Waals surface area contributed by atoms with Crippen LogP contribution in [0.1, 0.15) is 54.7 Å². The van der Waals surface area contributed by atoms with E-state index in [2.05, 4.69) is 24.4 Å². The van der Waals surface area contributed by atoms with Gasteiger partial charge in [0.25, 0.3) is 0 Å². The van der Waals surface area contributed by atoms with Gasteiger partial charge >= 0.3 is 0 Å². The van der Waals surface area contributed by atoms with Crippen LogP contribution < -0.4 is 5.32 Å². The highest BCUT2D eigenvalue weighted by molar-refractivity contribution is 5.97. The summed E-state index contributed by atoms with van der Waals surface area (Å²) in [6, 6.07) is 12.0. The second-order valence-corrected chi connectivity index (χ2v) is 7.11. The predicted molar refractivity (Wildman–Crippen MR) is 108 cm³/mol. The smallest absolute Gasteiger partial charge is 0.247 e. The van der Waals surface area contributed by atoms with Gasteiger partial charge in [0.1, 0.15) is 0 Å². The van der Waals surface area contributed by atoms with Gasteiger partial charge in [-0.2, -0.15) is 0 Å². The van der Waals surface area contributed by atoms with Gasteiger partial charge in [0.15, 0.2) is 5.78 Å². The molecule has 0 fully saturated rings. The van der Waals surface area contributed by atoms with Crippen LogP contribution in [0.25, 0.3) is 17.2 Å². The number of rotatable bonds is 5. The minimum atomic E-state index is -0.0408. The number of carbonyl (C=O) groups excluding carboxylic acids is 2. The molecule has 26 heavy (non-hydrogen) atoms. The van der Waals surface area contributed by atoms with Crippen molar-refractivity contribution in [3.63, 3.8) is 0 Å². The Hall–Kier alpha value is -2.68. The highest BCUT2D eigenvalue weighted by Crippen LogP contribution is 2.28. The van der Waals surface area contributed by atoms with Crippen molar-refractivity contribution in [3.8, 4) is 11.1 Å². The van der Waals surface area contributed by atoms with Gasteiger partial charge < -0.3 is 5.32 Å². The first-order chi connectivity index (χ1) is 12.2. The number of hydrogen-bond acceptors (Lipinski definition) is 2. The van der Waals surface area contributed by atoms with E-state index in [1.807, 2.05) is 58.0 Å². The molecule has 0 saturated carbocycles. The Labute approximate surface area is 156 Å². The van der Waals surface area contributed by atoms with Crippen LogP contribution in [0.4, 0.5) is 0 Å². The molecule has 0 saturated heterocycles. The third kappa shape index (κ3) is 4.69. The van der Waals surface area contributed by atoms with E-state index in [4.69, 9.17) is 0 Å². The molecule has 0 aliphatic rings. The number of hydrogen-bond donors (Lipinski definition) is 1. The molecule has 2 aromatic rings. The van der Waals surface area contributed by atoms with Gasteiger partial charge in [0, 0.05) is 17.2 Å². The van der Waals surface area contributed by atoms with Crippen LogP contribution in [-0.4, -0.2) is 17.7 Å². The number of amides is 1. The number of benzene rings is 2. The largest absolute Gasteiger partial charge is 0.350 e. The minimum Gasteiger partial charge on any atom is -0.350 e. The Kier molecular flexibility index (Phi) is 6.14. The van der Waals surface area contributed by atoms with E-state index in [1.54, 1.807) is 6.92 Å². The summed E-state index contributed by atoms with van der Waals surface area (Å²) in [5.41, 5.74) is 6.92. The molecule has 0 radical (unpaired) electrons. The number of ketones is 1. The van der Waals surface area contributed by atoms with E-state index >= 15 is 0 Å². The van der Waals surface area contributed by atoms with Crippen molar-refractivity contribution < 1.29 is 9.59 Å². The Bertz CT molecular complexity index is 859. The van der Waals surface area contributed by atoms with Crippen molar-refractivity contribution >= 4 is 17.8 Å². The molecule has 2 rings (SSSR count). The van der Waals surface area contributed by atoms with Crippen molar-refractivity contribution in [1.82, 2.24) is 5.32 Å². The van der Waals surface area contributed by atoms with Gasteiger partial charge in [-0.25, -0.2) is 0 Å². The molecule has 3 heteroatoms. The van der Waals surface area contributed by atoms with Gasteiger partial charge in [0.2, 0.25) is 5.91 Å². The molecule has 0 aliphatic carbocycles. The SMILES string of the molecule is CC(=O)c1ccc(-c2cc(C)c(C=C(C)C(=O)NC(C)C)cc2C)cc1. The van der Waals surface area contributed by atoms with E-state index in [0.717, 1.165) is 33.4 Å². The van der Waals surface area contributed by atoms with Crippen molar-refractivity contribution in [2.45, 2.75) is 47.6 Å². The molecule has 1 N–H and O–H groups in total. The number of Topliss-reactive ketones (excluding diaryl/α,β-unsaturated/α-hetero) is 1. The van der Waals surface area contributed by atoms with Crippen LogP contribution in [0.2, 0.25) is 0 Å². The number of carbonyl (C=O) groups is 2. The topological polar surface area (TPSA) is 46.2 Å². The van der Waals surface area contributed by atoms with Gasteiger partial charge in [-0.15, -0.1) is 0 Å². The lowest BCUT2D eigenvalue weighted by Crippen LogP contribution is -2.30. The first-order valence-corrected chi connectivity index (χ1v) is 8.91. The lowest BCUT2D eigenvalue weighted by Gasteiger charge is -2.12. The summed E-state index contributed by atoms with van der Waals surface area (Å²) in [6.45, 7) is 11.4. The average Bonchev–Trinajstić information content (AvgIpc) is 2.57.